The number of benzene rings is 1. The van der Waals surface area contributed by atoms with Crippen LogP contribution >= 0.6 is 12.4 Å². The molecule has 1 aromatic rings. The summed E-state index contributed by atoms with van der Waals surface area (Å²) in [6, 6.07) is 10.3. The molecule has 0 atom stereocenters. The van der Waals surface area contributed by atoms with Gasteiger partial charge in [0, 0.05) is 18.9 Å². The van der Waals surface area contributed by atoms with E-state index in [0.717, 1.165) is 36.0 Å². The molecule has 0 unspecified atom stereocenters. The molecule has 2 heterocycles. The fraction of sp³-hybridized carbons (Fsp3) is 0.421. The van der Waals surface area contributed by atoms with Crippen LogP contribution in [-0.4, -0.2) is 19.5 Å². The molecule has 25 heavy (non-hydrogen) atoms. The van der Waals surface area contributed by atoms with Crippen molar-refractivity contribution < 1.29 is 0 Å². The molecule has 0 saturated heterocycles. The van der Waals surface area contributed by atoms with Gasteiger partial charge in [-0.05, 0) is 25.3 Å². The van der Waals surface area contributed by atoms with Gasteiger partial charge in [-0.1, -0.05) is 43.2 Å². The Labute approximate surface area is 154 Å². The number of hydrogen-bond donors (Lipinski definition) is 1. The third kappa shape index (κ3) is 3.33. The number of anilines is 1. The number of imidazole rings is 1. The van der Waals surface area contributed by atoms with E-state index in [1.807, 2.05) is 22.8 Å². The van der Waals surface area contributed by atoms with E-state index in [1.54, 1.807) is 0 Å². The van der Waals surface area contributed by atoms with Gasteiger partial charge in [0.1, 0.15) is 11.5 Å². The molecule has 0 bridgehead atoms. The van der Waals surface area contributed by atoms with Gasteiger partial charge >= 0.3 is 0 Å². The maximum Gasteiger partial charge on any atom is 0.202 e. The molecule has 5 nitrogen and oxygen atoms in total. The number of rotatable bonds is 4. The van der Waals surface area contributed by atoms with Crippen LogP contribution in [0.4, 0.5) is 5.95 Å². The van der Waals surface area contributed by atoms with Crippen LogP contribution in [0.3, 0.4) is 0 Å². The van der Waals surface area contributed by atoms with Crippen molar-refractivity contribution in [1.29, 1.82) is 0 Å². The van der Waals surface area contributed by atoms with E-state index in [4.69, 9.17) is 15.7 Å². The first-order valence-electron chi connectivity index (χ1n) is 8.82. The fourth-order valence-corrected chi connectivity index (χ4v) is 3.68. The molecular formula is C19H24ClN5. The van der Waals surface area contributed by atoms with Crippen LogP contribution in [-0.2, 0) is 13.0 Å². The second kappa shape index (κ2) is 7.40. The van der Waals surface area contributed by atoms with Crippen molar-refractivity contribution in [2.75, 3.05) is 5.73 Å². The number of fused-ring (bicyclic) bond motifs is 1. The zero-order chi connectivity index (χ0) is 16.5. The Morgan fingerprint density at radius 2 is 1.80 bits per heavy atom. The Hall–Kier alpha value is -2.14. The van der Waals surface area contributed by atoms with Crippen molar-refractivity contribution in [2.45, 2.75) is 51.5 Å². The van der Waals surface area contributed by atoms with E-state index >= 15 is 0 Å². The maximum absolute atomic E-state index is 6.20. The van der Waals surface area contributed by atoms with Crippen molar-refractivity contribution >= 4 is 18.4 Å². The predicted octanol–water partition coefficient (Wildman–Crippen LogP) is 4.05. The first-order chi connectivity index (χ1) is 11.8. The Morgan fingerprint density at radius 1 is 1.08 bits per heavy atom. The van der Waals surface area contributed by atoms with E-state index in [-0.39, 0.29) is 12.4 Å². The Bertz CT molecular complexity index is 808. The molecule has 0 aromatic heterocycles. The summed E-state index contributed by atoms with van der Waals surface area (Å²) in [7, 11) is 0. The quantitative estimate of drug-likeness (QED) is 0.764. The van der Waals surface area contributed by atoms with Crippen molar-refractivity contribution in [2.24, 2.45) is 0 Å². The standard InChI is InChI=1S/C19H23N5.ClH/c1-2-24-18-16(22-17(23-18)14-10-6-7-11-14)15(21-19(24)20)12-13-8-4-3-5-9-13;/h3-5,8-9,14H,2,6-7,10-12H2,1H3,(H2,20,21);1H. The lowest BCUT2D eigenvalue weighted by molar-refractivity contribution is 0.676. The highest BCUT2D eigenvalue weighted by Crippen LogP contribution is 2.36. The first-order valence-corrected chi connectivity index (χ1v) is 8.82. The molecule has 0 amide bonds. The van der Waals surface area contributed by atoms with Gasteiger partial charge in [0.15, 0.2) is 5.82 Å². The Morgan fingerprint density at radius 3 is 2.48 bits per heavy atom. The molecule has 0 radical (unpaired) electrons. The third-order valence-corrected chi connectivity index (χ3v) is 4.96. The van der Waals surface area contributed by atoms with Gasteiger partial charge in [0.2, 0.25) is 5.95 Å². The maximum atomic E-state index is 6.20. The lowest BCUT2D eigenvalue weighted by Crippen LogP contribution is -2.14. The normalized spacial score (nSPS) is 14.8. The van der Waals surface area contributed by atoms with Crippen molar-refractivity contribution in [3.05, 3.63) is 47.4 Å². The van der Waals surface area contributed by atoms with Crippen LogP contribution in [0.2, 0.25) is 0 Å². The molecule has 3 aliphatic rings. The number of aromatic nitrogens is 4. The predicted molar refractivity (Wildman–Crippen MR) is 102 cm³/mol. The zero-order valence-electron chi connectivity index (χ0n) is 14.5. The van der Waals surface area contributed by atoms with E-state index < -0.39 is 0 Å². The van der Waals surface area contributed by atoms with Crippen LogP contribution in [0.5, 0.6) is 0 Å². The SMILES string of the molecule is CCn1c(N)nc(Cc2ccccc2)c2nc(C3CCCC3)nc1-2.Cl. The summed E-state index contributed by atoms with van der Waals surface area (Å²) in [5, 5.41) is 0. The highest BCUT2D eigenvalue weighted by atomic mass is 35.5. The van der Waals surface area contributed by atoms with Crippen LogP contribution in [0.25, 0.3) is 11.5 Å². The van der Waals surface area contributed by atoms with Crippen molar-refractivity contribution in [3.63, 3.8) is 0 Å². The van der Waals surface area contributed by atoms with Crippen molar-refractivity contribution in [3.8, 4) is 11.5 Å². The number of nitrogens with zero attached hydrogens (tertiary/aromatic N) is 4. The fourth-order valence-electron chi connectivity index (χ4n) is 3.68. The van der Waals surface area contributed by atoms with Gasteiger partial charge in [-0.2, -0.15) is 0 Å². The van der Waals surface area contributed by atoms with Gasteiger partial charge in [-0.15, -0.1) is 12.4 Å². The largest absolute Gasteiger partial charge is 0.369 e. The molecule has 0 spiro atoms. The summed E-state index contributed by atoms with van der Waals surface area (Å²) in [5.41, 5.74) is 9.25. The van der Waals surface area contributed by atoms with E-state index in [9.17, 15) is 0 Å². The molecule has 132 valence electrons. The molecule has 2 aliphatic heterocycles. The van der Waals surface area contributed by atoms with Crippen LogP contribution < -0.4 is 5.73 Å². The third-order valence-electron chi connectivity index (χ3n) is 4.96. The second-order valence-corrected chi connectivity index (χ2v) is 6.56. The minimum Gasteiger partial charge on any atom is -0.369 e. The van der Waals surface area contributed by atoms with E-state index in [2.05, 4.69) is 24.0 Å². The Kier molecular flexibility index (Phi) is 5.23. The average molecular weight is 358 g/mol. The minimum absolute atomic E-state index is 0. The summed E-state index contributed by atoms with van der Waals surface area (Å²) in [6.07, 6.45) is 5.68. The number of hydrogen-bond acceptors (Lipinski definition) is 4. The lowest BCUT2D eigenvalue weighted by Gasteiger charge is -2.14. The number of nitrogen functional groups attached to an aromatic ring is 1. The van der Waals surface area contributed by atoms with Gasteiger partial charge in [-0.25, -0.2) is 15.0 Å². The monoisotopic (exact) mass is 357 g/mol. The summed E-state index contributed by atoms with van der Waals surface area (Å²) in [6.45, 7) is 2.82. The zero-order valence-corrected chi connectivity index (χ0v) is 15.3. The van der Waals surface area contributed by atoms with E-state index in [1.165, 1.54) is 31.2 Å². The summed E-state index contributed by atoms with van der Waals surface area (Å²) >= 11 is 0. The molecule has 4 rings (SSSR count). The summed E-state index contributed by atoms with van der Waals surface area (Å²) < 4.78 is 1.97. The number of nitrogens with two attached hydrogens (primary N) is 1. The molecular weight excluding hydrogens is 334 g/mol. The average Bonchev–Trinajstić information content (AvgIpc) is 3.25. The molecule has 6 heteroatoms. The summed E-state index contributed by atoms with van der Waals surface area (Å²) in [4.78, 5) is 14.4. The van der Waals surface area contributed by atoms with Crippen molar-refractivity contribution in [1.82, 2.24) is 19.5 Å². The molecule has 1 aromatic carbocycles. The van der Waals surface area contributed by atoms with Gasteiger partial charge in [-0.3, -0.25) is 4.57 Å². The number of halogens is 1. The smallest absolute Gasteiger partial charge is 0.202 e. The highest BCUT2D eigenvalue weighted by molar-refractivity contribution is 5.85. The minimum atomic E-state index is 0. The van der Waals surface area contributed by atoms with Gasteiger partial charge in [0.25, 0.3) is 0 Å². The highest BCUT2D eigenvalue weighted by Gasteiger charge is 2.27. The summed E-state index contributed by atoms with van der Waals surface area (Å²) in [5.74, 6) is 2.88. The van der Waals surface area contributed by atoms with Crippen LogP contribution in [0.1, 0.15) is 55.6 Å². The van der Waals surface area contributed by atoms with Gasteiger partial charge < -0.3 is 5.73 Å². The van der Waals surface area contributed by atoms with Gasteiger partial charge in [0.05, 0.1) is 5.69 Å². The van der Waals surface area contributed by atoms with E-state index in [0.29, 0.717) is 11.9 Å². The topological polar surface area (TPSA) is 69.6 Å². The molecule has 2 N–H and O–H groups in total. The van der Waals surface area contributed by atoms with Crippen LogP contribution in [0, 0.1) is 0 Å². The first kappa shape index (κ1) is 17.7. The molecule has 1 aliphatic carbocycles. The molecule has 1 fully saturated rings. The van der Waals surface area contributed by atoms with Crippen LogP contribution in [0.15, 0.2) is 30.3 Å². The Balaban J connectivity index is 0.00000182. The lowest BCUT2D eigenvalue weighted by atomic mass is 10.1. The molecule has 1 saturated carbocycles. The second-order valence-electron chi connectivity index (χ2n) is 6.56.